The molecule has 1 heterocycles. The molecule has 1 N–H and O–H groups in total. The maximum atomic E-state index is 12.2. The Kier molecular flexibility index (Phi) is 6.48. The van der Waals surface area contributed by atoms with Gasteiger partial charge in [0, 0.05) is 25.7 Å². The van der Waals surface area contributed by atoms with Crippen LogP contribution in [-0.4, -0.2) is 55.9 Å². The minimum atomic E-state index is -3.28. The summed E-state index contributed by atoms with van der Waals surface area (Å²) >= 11 is 0. The Labute approximate surface area is 141 Å². The van der Waals surface area contributed by atoms with Gasteiger partial charge < -0.3 is 10.2 Å². The number of amides is 1. The van der Waals surface area contributed by atoms with Crippen molar-refractivity contribution < 1.29 is 13.2 Å². The molecule has 1 amide bonds. The first kappa shape index (κ1) is 18.7. The van der Waals surface area contributed by atoms with E-state index in [1.807, 2.05) is 6.92 Å². The largest absolute Gasteiger partial charge is 0.351 e. The lowest BCUT2D eigenvalue weighted by Gasteiger charge is -2.36. The van der Waals surface area contributed by atoms with Crippen molar-refractivity contribution >= 4 is 15.7 Å². The molecule has 1 aliphatic heterocycles. The summed E-state index contributed by atoms with van der Waals surface area (Å²) in [4.78, 5) is 14.5. The summed E-state index contributed by atoms with van der Waals surface area (Å²) in [6.45, 7) is 9.41. The Morgan fingerprint density at radius 2 is 1.74 bits per heavy atom. The van der Waals surface area contributed by atoms with Gasteiger partial charge in [-0.05, 0) is 38.0 Å². The van der Waals surface area contributed by atoms with Crippen LogP contribution < -0.4 is 5.32 Å². The van der Waals surface area contributed by atoms with E-state index >= 15 is 0 Å². The first-order valence-corrected chi connectivity index (χ1v) is 10.7. The Bertz CT molecular complexity index is 490. The summed E-state index contributed by atoms with van der Waals surface area (Å²) in [7, 11) is -3.28. The summed E-state index contributed by atoms with van der Waals surface area (Å²) in [6, 6.07) is -0.0150. The molecule has 1 saturated heterocycles. The molecule has 1 saturated carbocycles. The minimum absolute atomic E-state index is 0.0150. The molecule has 1 aliphatic carbocycles. The first-order chi connectivity index (χ1) is 10.8. The summed E-state index contributed by atoms with van der Waals surface area (Å²) in [6.07, 6.45) is 4.63. The van der Waals surface area contributed by atoms with Crippen molar-refractivity contribution in [3.05, 3.63) is 0 Å². The summed E-state index contributed by atoms with van der Waals surface area (Å²) in [5, 5.41) is 2.58. The van der Waals surface area contributed by atoms with Crippen LogP contribution in [0.25, 0.3) is 0 Å². The van der Waals surface area contributed by atoms with E-state index in [-0.39, 0.29) is 23.0 Å². The molecule has 3 unspecified atom stereocenters. The van der Waals surface area contributed by atoms with Crippen LogP contribution in [0.1, 0.15) is 52.9 Å². The molecule has 23 heavy (non-hydrogen) atoms. The third-order valence-electron chi connectivity index (χ3n) is 5.03. The second-order valence-corrected chi connectivity index (χ2v) is 10.1. The zero-order chi connectivity index (χ0) is 17.0. The molecule has 2 rings (SSSR count). The Hall–Kier alpha value is -0.620. The molecule has 0 bridgehead atoms. The fraction of sp³-hybridized carbons (Fsp3) is 0.941. The maximum absolute atomic E-state index is 12.2. The van der Waals surface area contributed by atoms with Crippen LogP contribution in [0.2, 0.25) is 0 Å². The average molecular weight is 345 g/mol. The predicted molar refractivity (Wildman–Crippen MR) is 93.0 cm³/mol. The number of nitrogens with zero attached hydrogens (tertiary/aromatic N) is 1. The van der Waals surface area contributed by atoms with E-state index in [0.717, 1.165) is 32.5 Å². The Morgan fingerprint density at radius 1 is 1.17 bits per heavy atom. The first-order valence-electron chi connectivity index (χ1n) is 8.99. The number of hydrogen-bond acceptors (Lipinski definition) is 4. The molecule has 2 fully saturated rings. The van der Waals surface area contributed by atoms with E-state index in [9.17, 15) is 13.2 Å². The smallest absolute Gasteiger partial charge is 0.235 e. The third-order valence-corrected chi connectivity index (χ3v) is 7.18. The lowest BCUT2D eigenvalue weighted by atomic mass is 9.92. The quantitative estimate of drug-likeness (QED) is 0.798. The third kappa shape index (κ3) is 5.75. The van der Waals surface area contributed by atoms with Crippen molar-refractivity contribution in [1.29, 1.82) is 0 Å². The molecular formula is C17H32N2O3S. The van der Waals surface area contributed by atoms with Crippen molar-refractivity contribution in [2.24, 2.45) is 11.8 Å². The van der Waals surface area contributed by atoms with Gasteiger partial charge in [0.1, 0.15) is 5.75 Å². The van der Waals surface area contributed by atoms with Gasteiger partial charge in [-0.25, -0.2) is 8.42 Å². The molecule has 0 radical (unpaired) electrons. The number of carbonyl (C=O) groups is 1. The van der Waals surface area contributed by atoms with Crippen LogP contribution in [0.3, 0.4) is 0 Å². The molecule has 134 valence electrons. The van der Waals surface area contributed by atoms with Gasteiger partial charge in [0.2, 0.25) is 5.91 Å². The van der Waals surface area contributed by atoms with Crippen molar-refractivity contribution in [3.63, 3.8) is 0 Å². The van der Waals surface area contributed by atoms with Crippen molar-refractivity contribution in [2.75, 3.05) is 25.4 Å². The van der Waals surface area contributed by atoms with E-state index in [1.54, 1.807) is 0 Å². The molecular weight excluding hydrogens is 312 g/mol. The van der Waals surface area contributed by atoms with Crippen LogP contribution >= 0.6 is 0 Å². The molecule has 0 aromatic heterocycles. The van der Waals surface area contributed by atoms with E-state index in [4.69, 9.17) is 0 Å². The van der Waals surface area contributed by atoms with Gasteiger partial charge in [0.25, 0.3) is 0 Å². The highest BCUT2D eigenvalue weighted by molar-refractivity contribution is 7.92. The van der Waals surface area contributed by atoms with Crippen molar-refractivity contribution in [2.45, 2.75) is 64.2 Å². The van der Waals surface area contributed by atoms with Gasteiger partial charge in [-0.1, -0.05) is 26.7 Å². The number of hydrogen-bond donors (Lipinski definition) is 1. The predicted octanol–water partition coefficient (Wildman–Crippen LogP) is 1.83. The van der Waals surface area contributed by atoms with E-state index in [1.165, 1.54) is 6.42 Å². The fourth-order valence-electron chi connectivity index (χ4n) is 4.24. The number of carbonyl (C=O) groups excluding carboxylic acids is 1. The minimum Gasteiger partial charge on any atom is -0.351 e. The van der Waals surface area contributed by atoms with Crippen LogP contribution in [0.15, 0.2) is 0 Å². The second-order valence-electron chi connectivity index (χ2n) is 7.85. The van der Waals surface area contributed by atoms with Crippen LogP contribution in [-0.2, 0) is 14.6 Å². The Balaban J connectivity index is 1.78. The highest BCUT2D eigenvalue weighted by Gasteiger charge is 2.31. The highest BCUT2D eigenvalue weighted by atomic mass is 32.2. The average Bonchev–Trinajstić information content (AvgIpc) is 2.90. The van der Waals surface area contributed by atoms with Gasteiger partial charge in [-0.3, -0.25) is 4.79 Å². The van der Waals surface area contributed by atoms with Crippen LogP contribution in [0, 0.1) is 11.8 Å². The summed E-state index contributed by atoms with van der Waals surface area (Å²) < 4.78 is 24.5. The molecule has 3 atom stereocenters. The van der Waals surface area contributed by atoms with E-state index in [2.05, 4.69) is 24.1 Å². The van der Waals surface area contributed by atoms with Crippen LogP contribution in [0.5, 0.6) is 0 Å². The molecule has 0 spiro atoms. The number of piperidine rings is 1. The molecule has 2 aliphatic rings. The van der Waals surface area contributed by atoms with Crippen molar-refractivity contribution in [1.82, 2.24) is 10.2 Å². The second kappa shape index (κ2) is 7.97. The summed E-state index contributed by atoms with van der Waals surface area (Å²) in [5.41, 5.74) is 0. The van der Waals surface area contributed by atoms with Gasteiger partial charge in [0.05, 0.1) is 5.25 Å². The summed E-state index contributed by atoms with van der Waals surface area (Å²) in [5.74, 6) is 0.672. The van der Waals surface area contributed by atoms with Gasteiger partial charge >= 0.3 is 0 Å². The van der Waals surface area contributed by atoms with E-state index < -0.39 is 9.84 Å². The fourth-order valence-corrected chi connectivity index (χ4v) is 5.97. The maximum Gasteiger partial charge on any atom is 0.235 e. The SMILES string of the molecule is CC1CC(C)CN(CC(C)NC(=O)CS(=O)(=O)C2CCCC2)C1. The normalized spacial score (nSPS) is 28.7. The number of rotatable bonds is 6. The monoisotopic (exact) mass is 344 g/mol. The standard InChI is InChI=1S/C17H32N2O3S/c1-13-8-14(2)10-19(9-13)11-15(3)18-17(20)12-23(21,22)16-6-4-5-7-16/h13-16H,4-12H2,1-3H3,(H,18,20). The van der Waals surface area contributed by atoms with Crippen LogP contribution in [0.4, 0.5) is 0 Å². The van der Waals surface area contributed by atoms with Gasteiger partial charge in [-0.2, -0.15) is 0 Å². The topological polar surface area (TPSA) is 66.5 Å². The van der Waals surface area contributed by atoms with Gasteiger partial charge in [0.15, 0.2) is 9.84 Å². The lowest BCUT2D eigenvalue weighted by molar-refractivity contribution is -0.119. The molecule has 5 nitrogen and oxygen atoms in total. The molecule has 6 heteroatoms. The highest BCUT2D eigenvalue weighted by Crippen LogP contribution is 2.25. The zero-order valence-electron chi connectivity index (χ0n) is 14.8. The van der Waals surface area contributed by atoms with Crippen molar-refractivity contribution in [3.8, 4) is 0 Å². The van der Waals surface area contributed by atoms with E-state index in [0.29, 0.717) is 24.7 Å². The number of nitrogens with one attached hydrogen (secondary N) is 1. The molecule has 0 aromatic rings. The zero-order valence-corrected chi connectivity index (χ0v) is 15.6. The van der Waals surface area contributed by atoms with Gasteiger partial charge in [-0.15, -0.1) is 0 Å². The molecule has 0 aromatic carbocycles. The Morgan fingerprint density at radius 3 is 2.30 bits per heavy atom. The number of sulfone groups is 1. The number of likely N-dealkylation sites (tertiary alicyclic amines) is 1. The lowest BCUT2D eigenvalue weighted by Crippen LogP contribution is -2.48.